The van der Waals surface area contributed by atoms with Crippen LogP contribution >= 0.6 is 0 Å². The van der Waals surface area contributed by atoms with E-state index in [0.717, 1.165) is 24.3 Å². The van der Waals surface area contributed by atoms with Crippen molar-refractivity contribution in [3.05, 3.63) is 40.4 Å². The van der Waals surface area contributed by atoms with Gasteiger partial charge in [-0.3, -0.25) is 9.20 Å². The Morgan fingerprint density at radius 3 is 3.07 bits per heavy atom. The number of nitrogens with one attached hydrogen (secondary N) is 2. The molecule has 1 fully saturated rings. The zero-order chi connectivity index (χ0) is 10.3. The summed E-state index contributed by atoms with van der Waals surface area (Å²) >= 11 is 0. The third-order valence-electron chi connectivity index (χ3n) is 2.97. The highest BCUT2D eigenvalue weighted by molar-refractivity contribution is 5.40. The Balaban J connectivity index is 2.13. The van der Waals surface area contributed by atoms with Crippen LogP contribution in [0, 0.1) is 0 Å². The highest BCUT2D eigenvalue weighted by atomic mass is 16.1. The van der Waals surface area contributed by atoms with Crippen molar-refractivity contribution in [2.75, 3.05) is 6.54 Å². The molecular weight excluding hydrogens is 190 g/mol. The molecule has 0 spiro atoms. The number of aromatic amines is 1. The molecule has 3 rings (SSSR count). The van der Waals surface area contributed by atoms with Gasteiger partial charge in [-0.15, -0.1) is 0 Å². The van der Waals surface area contributed by atoms with Gasteiger partial charge in [0.15, 0.2) is 0 Å². The predicted molar refractivity (Wildman–Crippen MR) is 58.0 cm³/mol. The number of fused-ring (bicyclic) bond motifs is 1. The number of H-pyrrole nitrogens is 1. The highest BCUT2D eigenvalue weighted by Gasteiger charge is 2.18. The molecule has 2 N–H and O–H groups in total. The minimum Gasteiger partial charge on any atom is -0.342 e. The summed E-state index contributed by atoms with van der Waals surface area (Å²) in [5.74, 6) is 0. The minimum absolute atomic E-state index is 0.0213. The number of pyridine rings is 1. The Bertz CT molecular complexity index is 534. The van der Waals surface area contributed by atoms with Crippen molar-refractivity contribution >= 4 is 5.65 Å². The van der Waals surface area contributed by atoms with E-state index in [4.69, 9.17) is 0 Å². The lowest BCUT2D eigenvalue weighted by molar-refractivity contribution is 0.632. The Kier molecular flexibility index (Phi) is 1.89. The first-order valence-corrected chi connectivity index (χ1v) is 5.28. The standard InChI is InChI=1S/C11H13N3O/c15-11-5-1-4-10-13-9(7-14(10)11)8-3-2-6-12-8/h1,4-5,7-8,12-13H,2-3,6H2. The summed E-state index contributed by atoms with van der Waals surface area (Å²) in [5, 5.41) is 3.41. The second kappa shape index (κ2) is 3.24. The number of hydrogen-bond acceptors (Lipinski definition) is 2. The monoisotopic (exact) mass is 203 g/mol. The third-order valence-corrected chi connectivity index (χ3v) is 2.97. The molecule has 2 aromatic rings. The minimum atomic E-state index is 0.0213. The van der Waals surface area contributed by atoms with Gasteiger partial charge in [0.1, 0.15) is 5.65 Å². The molecule has 0 radical (unpaired) electrons. The van der Waals surface area contributed by atoms with Crippen LogP contribution < -0.4 is 10.9 Å². The molecule has 1 saturated heterocycles. The molecule has 78 valence electrons. The quantitative estimate of drug-likeness (QED) is 0.728. The lowest BCUT2D eigenvalue weighted by Crippen LogP contribution is -2.13. The SMILES string of the molecule is O=c1cccc2[nH]c(C3CCCN3)cn12. The normalized spacial score (nSPS) is 21.2. The van der Waals surface area contributed by atoms with Crippen molar-refractivity contribution < 1.29 is 0 Å². The maximum atomic E-state index is 11.5. The van der Waals surface area contributed by atoms with Gasteiger partial charge in [-0.05, 0) is 25.5 Å². The smallest absolute Gasteiger partial charge is 0.256 e. The lowest BCUT2D eigenvalue weighted by atomic mass is 10.2. The molecule has 1 atom stereocenters. The van der Waals surface area contributed by atoms with Crippen molar-refractivity contribution in [1.29, 1.82) is 0 Å². The highest BCUT2D eigenvalue weighted by Crippen LogP contribution is 2.21. The van der Waals surface area contributed by atoms with Crippen LogP contribution in [-0.2, 0) is 0 Å². The fourth-order valence-corrected chi connectivity index (χ4v) is 2.18. The summed E-state index contributed by atoms with van der Waals surface area (Å²) in [5.41, 5.74) is 2.00. The first kappa shape index (κ1) is 8.73. The van der Waals surface area contributed by atoms with Crippen LogP contribution in [0.25, 0.3) is 5.65 Å². The van der Waals surface area contributed by atoms with Crippen LogP contribution in [0.4, 0.5) is 0 Å². The number of imidazole rings is 1. The zero-order valence-electron chi connectivity index (χ0n) is 8.36. The number of aromatic nitrogens is 2. The molecule has 0 saturated carbocycles. The van der Waals surface area contributed by atoms with Crippen LogP contribution in [-0.4, -0.2) is 15.9 Å². The van der Waals surface area contributed by atoms with E-state index in [1.165, 1.54) is 6.42 Å². The van der Waals surface area contributed by atoms with Crippen LogP contribution in [0.1, 0.15) is 24.6 Å². The van der Waals surface area contributed by atoms with Crippen molar-refractivity contribution in [1.82, 2.24) is 14.7 Å². The van der Waals surface area contributed by atoms with Gasteiger partial charge in [0, 0.05) is 18.3 Å². The predicted octanol–water partition coefficient (Wildman–Crippen LogP) is 1.05. The van der Waals surface area contributed by atoms with Crippen molar-refractivity contribution in [3.8, 4) is 0 Å². The molecule has 0 bridgehead atoms. The molecule has 0 aromatic carbocycles. The number of rotatable bonds is 1. The molecule has 1 unspecified atom stereocenters. The van der Waals surface area contributed by atoms with E-state index in [1.807, 2.05) is 12.3 Å². The second-order valence-electron chi connectivity index (χ2n) is 3.98. The summed E-state index contributed by atoms with van der Waals surface area (Å²) in [7, 11) is 0. The molecule has 1 aliphatic rings. The van der Waals surface area contributed by atoms with Gasteiger partial charge in [-0.2, -0.15) is 0 Å². The van der Waals surface area contributed by atoms with Crippen LogP contribution in [0.5, 0.6) is 0 Å². The Hall–Kier alpha value is -1.55. The maximum absolute atomic E-state index is 11.5. The lowest BCUT2D eigenvalue weighted by Gasteiger charge is -2.05. The van der Waals surface area contributed by atoms with E-state index < -0.39 is 0 Å². The summed E-state index contributed by atoms with van der Waals surface area (Å²) < 4.78 is 1.66. The molecule has 2 aromatic heterocycles. The summed E-state index contributed by atoms with van der Waals surface area (Å²) in [6.45, 7) is 1.06. The van der Waals surface area contributed by atoms with Gasteiger partial charge >= 0.3 is 0 Å². The number of nitrogens with zero attached hydrogens (tertiary/aromatic N) is 1. The summed E-state index contributed by atoms with van der Waals surface area (Å²) in [6, 6.07) is 5.65. The van der Waals surface area contributed by atoms with Crippen molar-refractivity contribution in [2.24, 2.45) is 0 Å². The van der Waals surface area contributed by atoms with Gasteiger partial charge in [0.2, 0.25) is 0 Å². The van der Waals surface area contributed by atoms with E-state index >= 15 is 0 Å². The van der Waals surface area contributed by atoms with Gasteiger partial charge in [0.25, 0.3) is 5.56 Å². The molecule has 4 nitrogen and oxygen atoms in total. The van der Waals surface area contributed by atoms with Crippen molar-refractivity contribution in [2.45, 2.75) is 18.9 Å². The van der Waals surface area contributed by atoms with E-state index in [-0.39, 0.29) is 5.56 Å². The topological polar surface area (TPSA) is 49.3 Å². The van der Waals surface area contributed by atoms with Crippen LogP contribution in [0.2, 0.25) is 0 Å². The molecule has 15 heavy (non-hydrogen) atoms. The van der Waals surface area contributed by atoms with Gasteiger partial charge in [-0.25, -0.2) is 0 Å². The Morgan fingerprint density at radius 2 is 2.33 bits per heavy atom. The first-order valence-electron chi connectivity index (χ1n) is 5.28. The number of hydrogen-bond donors (Lipinski definition) is 2. The van der Waals surface area contributed by atoms with E-state index in [0.29, 0.717) is 6.04 Å². The molecule has 0 aliphatic carbocycles. The maximum Gasteiger partial charge on any atom is 0.256 e. The Morgan fingerprint density at radius 1 is 1.40 bits per heavy atom. The zero-order valence-corrected chi connectivity index (χ0v) is 8.36. The Labute approximate surface area is 86.9 Å². The van der Waals surface area contributed by atoms with Gasteiger partial charge < -0.3 is 10.3 Å². The average Bonchev–Trinajstić information content (AvgIpc) is 2.86. The van der Waals surface area contributed by atoms with E-state index in [2.05, 4.69) is 10.3 Å². The second-order valence-corrected chi connectivity index (χ2v) is 3.98. The fourth-order valence-electron chi connectivity index (χ4n) is 2.18. The van der Waals surface area contributed by atoms with Crippen LogP contribution in [0.15, 0.2) is 29.2 Å². The van der Waals surface area contributed by atoms with E-state index in [9.17, 15) is 4.79 Å². The van der Waals surface area contributed by atoms with Crippen LogP contribution in [0.3, 0.4) is 0 Å². The van der Waals surface area contributed by atoms with Gasteiger partial charge in [-0.1, -0.05) is 6.07 Å². The average molecular weight is 203 g/mol. The van der Waals surface area contributed by atoms with Gasteiger partial charge in [0.05, 0.1) is 5.69 Å². The molecule has 0 amide bonds. The third kappa shape index (κ3) is 1.37. The summed E-state index contributed by atoms with van der Waals surface area (Å²) in [4.78, 5) is 14.8. The summed E-state index contributed by atoms with van der Waals surface area (Å²) in [6.07, 6.45) is 4.25. The largest absolute Gasteiger partial charge is 0.342 e. The molecule has 4 heteroatoms. The molecule has 1 aliphatic heterocycles. The molecular formula is C11H13N3O. The first-order chi connectivity index (χ1) is 7.34. The van der Waals surface area contributed by atoms with Crippen molar-refractivity contribution in [3.63, 3.8) is 0 Å². The molecule has 3 heterocycles. The fraction of sp³-hybridized carbons (Fsp3) is 0.364. The van der Waals surface area contributed by atoms with E-state index in [1.54, 1.807) is 16.5 Å².